The monoisotopic (exact) mass is 188 g/mol. The lowest BCUT2D eigenvalue weighted by Crippen LogP contribution is -2.45. The van der Waals surface area contributed by atoms with Crippen LogP contribution in [0, 0.1) is 5.92 Å². The molecule has 0 atom stereocenters. The molecular formula is C6H10N3O4. The fourth-order valence-electron chi connectivity index (χ4n) is 0.406. The number of hydrazine groups is 1. The van der Waals surface area contributed by atoms with Crippen molar-refractivity contribution < 1.29 is 19.5 Å². The van der Waals surface area contributed by atoms with Crippen LogP contribution in [0.1, 0.15) is 6.92 Å². The van der Waals surface area contributed by atoms with E-state index in [1.54, 1.807) is 0 Å². The molecule has 5 N–H and O–H groups in total. The van der Waals surface area contributed by atoms with E-state index in [4.69, 9.17) is 10.8 Å². The zero-order valence-corrected chi connectivity index (χ0v) is 6.96. The number of hydrogen-bond donors (Lipinski definition) is 4. The van der Waals surface area contributed by atoms with Crippen LogP contribution >= 0.6 is 0 Å². The summed E-state index contributed by atoms with van der Waals surface area (Å²) in [5, 5.41) is 8.16. The fourth-order valence-corrected chi connectivity index (χ4v) is 0.406. The molecule has 0 spiro atoms. The number of nitrogens with two attached hydrogens (primary N) is 1. The molecule has 0 aliphatic carbocycles. The van der Waals surface area contributed by atoms with Gasteiger partial charge in [0, 0.05) is 0 Å². The van der Waals surface area contributed by atoms with Crippen LogP contribution in [0.2, 0.25) is 0 Å². The fraction of sp³-hybridized carbons (Fsp3) is 0.333. The molecule has 2 amide bonds. The van der Waals surface area contributed by atoms with Crippen molar-refractivity contribution in [3.63, 3.8) is 0 Å². The van der Waals surface area contributed by atoms with Crippen molar-refractivity contribution in [3.05, 3.63) is 5.92 Å². The third kappa shape index (κ3) is 4.75. The molecule has 7 nitrogen and oxygen atoms in total. The number of hydrogen-bond acceptors (Lipinski definition) is 4. The lowest BCUT2D eigenvalue weighted by atomic mass is 10.1. The highest BCUT2D eigenvalue weighted by atomic mass is 16.4. The number of aliphatic carboxylic acids is 1. The second-order valence-corrected chi connectivity index (χ2v) is 2.19. The summed E-state index contributed by atoms with van der Waals surface area (Å²) in [5.41, 5.74) is 8.87. The van der Waals surface area contributed by atoms with Gasteiger partial charge in [0.1, 0.15) is 12.5 Å². The first kappa shape index (κ1) is 11.4. The van der Waals surface area contributed by atoms with Gasteiger partial charge in [0.2, 0.25) is 5.91 Å². The van der Waals surface area contributed by atoms with Crippen LogP contribution in [0.5, 0.6) is 0 Å². The lowest BCUT2D eigenvalue weighted by Gasteiger charge is -2.07. The molecule has 0 aliphatic rings. The summed E-state index contributed by atoms with van der Waals surface area (Å²) in [6.07, 6.45) is 0. The highest BCUT2D eigenvalue weighted by Crippen LogP contribution is 1.93. The Kier molecular flexibility index (Phi) is 4.45. The Morgan fingerprint density at radius 3 is 2.31 bits per heavy atom. The number of carboxylic acids is 1. The number of carboxylic acid groups (broad SMARTS) is 1. The van der Waals surface area contributed by atoms with Crippen molar-refractivity contribution >= 4 is 17.8 Å². The Hall–Kier alpha value is -1.63. The molecule has 0 aromatic heterocycles. The van der Waals surface area contributed by atoms with Crippen molar-refractivity contribution in [2.24, 2.45) is 5.73 Å². The van der Waals surface area contributed by atoms with E-state index in [9.17, 15) is 14.4 Å². The third-order valence-electron chi connectivity index (χ3n) is 1.15. The van der Waals surface area contributed by atoms with Crippen molar-refractivity contribution in [3.8, 4) is 0 Å². The summed E-state index contributed by atoms with van der Waals surface area (Å²) in [7, 11) is 0. The first-order chi connectivity index (χ1) is 5.95. The largest absolute Gasteiger partial charge is 0.480 e. The molecule has 0 fully saturated rings. The highest BCUT2D eigenvalue weighted by molar-refractivity contribution is 6.13. The molecule has 0 aromatic carbocycles. The topological polar surface area (TPSA) is 122 Å². The second kappa shape index (κ2) is 5.09. The van der Waals surface area contributed by atoms with Crippen LogP contribution in [-0.2, 0) is 14.4 Å². The molecule has 13 heavy (non-hydrogen) atoms. The summed E-state index contributed by atoms with van der Waals surface area (Å²) in [6, 6.07) is 0. The summed E-state index contributed by atoms with van der Waals surface area (Å²) in [6.45, 7) is 0.803. The van der Waals surface area contributed by atoms with Crippen molar-refractivity contribution in [1.29, 1.82) is 0 Å². The average molecular weight is 188 g/mol. The number of primary amides is 1. The highest BCUT2D eigenvalue weighted by Gasteiger charge is 2.19. The van der Waals surface area contributed by atoms with E-state index in [-0.39, 0.29) is 5.92 Å². The van der Waals surface area contributed by atoms with Crippen LogP contribution in [0.25, 0.3) is 0 Å². The van der Waals surface area contributed by atoms with Gasteiger partial charge in [-0.25, -0.2) is 5.43 Å². The number of nitrogens with one attached hydrogen (secondary N) is 2. The van der Waals surface area contributed by atoms with E-state index in [1.165, 1.54) is 6.92 Å². The molecular weight excluding hydrogens is 178 g/mol. The van der Waals surface area contributed by atoms with E-state index in [0.29, 0.717) is 0 Å². The standard InChI is InChI=1S/C6H10N3O4/c1-3(5(7)12)6(13)9-8-2-4(10)11/h8H,2H2,1H3,(H2,7,12)(H,9,13)(H,10,11). The minimum Gasteiger partial charge on any atom is -0.480 e. The Morgan fingerprint density at radius 2 is 1.92 bits per heavy atom. The van der Waals surface area contributed by atoms with E-state index >= 15 is 0 Å². The Labute approximate surface area is 74.3 Å². The van der Waals surface area contributed by atoms with Gasteiger partial charge >= 0.3 is 5.97 Å². The number of carbonyl (C=O) groups excluding carboxylic acids is 2. The summed E-state index contributed by atoms with van der Waals surface area (Å²) >= 11 is 0. The van der Waals surface area contributed by atoms with Crippen LogP contribution in [0.3, 0.4) is 0 Å². The van der Waals surface area contributed by atoms with Gasteiger partial charge in [-0.2, -0.15) is 0 Å². The molecule has 0 saturated carbocycles. The molecule has 0 aromatic rings. The first-order valence-electron chi connectivity index (χ1n) is 3.33. The third-order valence-corrected chi connectivity index (χ3v) is 1.15. The van der Waals surface area contributed by atoms with E-state index in [1.807, 2.05) is 5.43 Å². The van der Waals surface area contributed by atoms with Crippen molar-refractivity contribution in [2.45, 2.75) is 6.92 Å². The predicted molar refractivity (Wildman–Crippen MR) is 41.9 cm³/mol. The van der Waals surface area contributed by atoms with E-state index in [0.717, 1.165) is 0 Å². The molecule has 0 heterocycles. The zero-order chi connectivity index (χ0) is 10.4. The summed E-state index contributed by atoms with van der Waals surface area (Å²) < 4.78 is 0. The molecule has 0 bridgehead atoms. The van der Waals surface area contributed by atoms with Crippen LogP contribution < -0.4 is 16.6 Å². The maximum Gasteiger partial charge on any atom is 0.319 e. The Morgan fingerprint density at radius 1 is 1.38 bits per heavy atom. The normalized spacial score (nSPS) is 9.69. The Balaban J connectivity index is 3.75. The van der Waals surface area contributed by atoms with Gasteiger partial charge in [-0.1, -0.05) is 0 Å². The maximum absolute atomic E-state index is 10.9. The molecule has 0 rings (SSSR count). The predicted octanol–water partition coefficient (Wildman–Crippen LogP) is -2.23. The number of rotatable bonds is 5. The van der Waals surface area contributed by atoms with E-state index in [2.05, 4.69) is 5.43 Å². The van der Waals surface area contributed by atoms with Gasteiger partial charge in [-0.15, -0.1) is 0 Å². The first-order valence-corrected chi connectivity index (χ1v) is 3.33. The minimum atomic E-state index is -1.13. The van der Waals surface area contributed by atoms with Crippen LogP contribution in [0.4, 0.5) is 0 Å². The van der Waals surface area contributed by atoms with Gasteiger partial charge in [0.25, 0.3) is 5.91 Å². The molecule has 0 aliphatic heterocycles. The van der Waals surface area contributed by atoms with Gasteiger partial charge < -0.3 is 10.8 Å². The molecule has 0 unspecified atom stereocenters. The van der Waals surface area contributed by atoms with Crippen molar-refractivity contribution in [1.82, 2.24) is 10.9 Å². The second-order valence-electron chi connectivity index (χ2n) is 2.19. The minimum absolute atomic E-state index is 0.196. The SMILES string of the molecule is C[C](C(N)=O)C(=O)NNCC(=O)O. The smallest absolute Gasteiger partial charge is 0.319 e. The number of carbonyl (C=O) groups is 3. The maximum atomic E-state index is 10.9. The molecule has 0 saturated heterocycles. The lowest BCUT2D eigenvalue weighted by molar-refractivity contribution is -0.136. The average Bonchev–Trinajstić information content (AvgIpc) is 2.02. The number of amides is 2. The molecule has 73 valence electrons. The van der Waals surface area contributed by atoms with Gasteiger partial charge in [-0.3, -0.25) is 19.8 Å². The summed E-state index contributed by atoms with van der Waals surface area (Å²) in [5.74, 6) is -2.92. The van der Waals surface area contributed by atoms with Gasteiger partial charge in [0.05, 0.1) is 0 Å². The molecule has 7 heteroatoms. The van der Waals surface area contributed by atoms with Crippen molar-refractivity contribution in [2.75, 3.05) is 6.54 Å². The Bertz CT molecular complexity index is 228. The van der Waals surface area contributed by atoms with E-state index < -0.39 is 24.3 Å². The van der Waals surface area contributed by atoms with Crippen LogP contribution in [-0.4, -0.2) is 29.4 Å². The quantitative estimate of drug-likeness (QED) is 0.287. The summed E-state index contributed by atoms with van der Waals surface area (Å²) in [4.78, 5) is 31.3. The van der Waals surface area contributed by atoms with Gasteiger partial charge in [-0.05, 0) is 6.92 Å². The van der Waals surface area contributed by atoms with Gasteiger partial charge in [0.15, 0.2) is 0 Å². The van der Waals surface area contributed by atoms with Crippen LogP contribution in [0.15, 0.2) is 0 Å². The molecule has 1 radical (unpaired) electrons. The zero-order valence-electron chi connectivity index (χ0n) is 6.96.